The minimum absolute atomic E-state index is 0.134. The van der Waals surface area contributed by atoms with Gasteiger partial charge in [0.15, 0.2) is 5.03 Å². The lowest BCUT2D eigenvalue weighted by Crippen LogP contribution is -2.34. The van der Waals surface area contributed by atoms with Crippen LogP contribution in [0.5, 0.6) is 0 Å². The molecule has 0 saturated heterocycles. The van der Waals surface area contributed by atoms with E-state index in [1.165, 1.54) is 0 Å². The largest absolute Gasteiger partial charge is 0.354 e. The Balaban J connectivity index is 2.52. The van der Waals surface area contributed by atoms with Crippen molar-refractivity contribution in [3.05, 3.63) is 26.2 Å². The maximum Gasteiger partial charge on any atom is 0.268 e. The second-order valence-electron chi connectivity index (χ2n) is 2.64. The van der Waals surface area contributed by atoms with Crippen LogP contribution in [0.4, 0.5) is 0 Å². The highest BCUT2D eigenvalue weighted by Crippen LogP contribution is 2.15. The monoisotopic (exact) mass is 355 g/mol. The molecule has 7 nitrogen and oxygen atoms in total. The van der Waals surface area contributed by atoms with E-state index in [9.17, 15) is 10.1 Å². The fourth-order valence-corrected chi connectivity index (χ4v) is 2.29. The first-order valence-corrected chi connectivity index (χ1v) is 6.64. The van der Waals surface area contributed by atoms with Crippen LogP contribution in [0.3, 0.4) is 0 Å². The molecule has 0 radical (unpaired) electrons. The van der Waals surface area contributed by atoms with Gasteiger partial charge in [0.25, 0.3) is 5.96 Å². The average molecular weight is 355 g/mol. The summed E-state index contributed by atoms with van der Waals surface area (Å²) < 4.78 is 0.865. The zero-order valence-corrected chi connectivity index (χ0v) is 11.4. The summed E-state index contributed by atoms with van der Waals surface area (Å²) in [5.74, 6) is 0.134. The molecule has 0 saturated carbocycles. The molecule has 2 N–H and O–H groups in total. The van der Waals surface area contributed by atoms with E-state index in [1.54, 1.807) is 24.6 Å². The highest BCUT2D eigenvalue weighted by Gasteiger charge is 2.04. The first kappa shape index (κ1) is 13.1. The van der Waals surface area contributed by atoms with Crippen LogP contribution in [0, 0.1) is 10.1 Å². The predicted molar refractivity (Wildman–Crippen MR) is 70.2 cm³/mol. The topological polar surface area (TPSA) is 92.5 Å². The van der Waals surface area contributed by atoms with Crippen LogP contribution in [0.1, 0.15) is 9.88 Å². The lowest BCUT2D eigenvalue weighted by atomic mass is 10.5. The molecule has 0 amide bonds. The Morgan fingerprint density at radius 1 is 1.81 bits per heavy atom. The summed E-state index contributed by atoms with van der Waals surface area (Å²) in [5, 5.41) is 19.0. The number of aromatic nitrogens is 1. The van der Waals surface area contributed by atoms with Gasteiger partial charge in [0, 0.05) is 18.1 Å². The van der Waals surface area contributed by atoms with Gasteiger partial charge in [-0.3, -0.25) is 0 Å². The average Bonchev–Trinajstić information content (AvgIpc) is 2.71. The lowest BCUT2D eigenvalue weighted by molar-refractivity contribution is -0.485. The number of guanidine groups is 1. The Bertz CT molecular complexity index is 394. The number of halogens is 1. The molecule has 0 bridgehead atoms. The number of nitrogens with zero attached hydrogens (tertiary/aromatic N) is 3. The lowest BCUT2D eigenvalue weighted by Gasteiger charge is -2.03. The maximum absolute atomic E-state index is 10.2. The summed E-state index contributed by atoms with van der Waals surface area (Å²) >= 11 is 3.80. The van der Waals surface area contributed by atoms with Gasteiger partial charge in [-0.2, -0.15) is 0 Å². The SMILES string of the molecule is CN/C(=N\[N+](=O)[O-])NCc1cnc(CI)s1. The van der Waals surface area contributed by atoms with Crippen LogP contribution in [0.25, 0.3) is 0 Å². The molecule has 16 heavy (non-hydrogen) atoms. The second kappa shape index (κ2) is 6.58. The molecule has 0 fully saturated rings. The van der Waals surface area contributed by atoms with Crippen molar-refractivity contribution in [2.75, 3.05) is 7.05 Å². The smallest absolute Gasteiger partial charge is 0.268 e. The summed E-state index contributed by atoms with van der Waals surface area (Å²) in [6.45, 7) is 0.474. The number of alkyl halides is 1. The van der Waals surface area contributed by atoms with Gasteiger partial charge in [0.2, 0.25) is 0 Å². The van der Waals surface area contributed by atoms with E-state index in [0.717, 1.165) is 14.3 Å². The predicted octanol–water partition coefficient (Wildman–Crippen LogP) is 0.935. The third kappa shape index (κ3) is 4.26. The molecule has 1 aromatic rings. The fraction of sp³-hybridized carbons (Fsp3) is 0.429. The highest BCUT2D eigenvalue weighted by atomic mass is 127. The molecule has 9 heteroatoms. The van der Waals surface area contributed by atoms with Crippen molar-refractivity contribution < 1.29 is 5.03 Å². The molecule has 88 valence electrons. The highest BCUT2D eigenvalue weighted by molar-refractivity contribution is 14.1. The van der Waals surface area contributed by atoms with E-state index < -0.39 is 5.03 Å². The van der Waals surface area contributed by atoms with Gasteiger partial charge in [0.05, 0.1) is 11.0 Å². The molecule has 1 aromatic heterocycles. The zero-order chi connectivity index (χ0) is 12.0. The number of thiazole rings is 1. The minimum Gasteiger partial charge on any atom is -0.354 e. The molecule has 0 aliphatic rings. The summed E-state index contributed by atoms with van der Waals surface area (Å²) in [7, 11) is 1.57. The van der Waals surface area contributed by atoms with Gasteiger partial charge in [-0.15, -0.1) is 11.3 Å². The van der Waals surface area contributed by atoms with E-state index >= 15 is 0 Å². The molecule has 0 aliphatic carbocycles. The maximum atomic E-state index is 10.2. The molecule has 0 atom stereocenters. The van der Waals surface area contributed by atoms with Crippen LogP contribution in [0.2, 0.25) is 0 Å². The number of hydrazone groups is 1. The van der Waals surface area contributed by atoms with Gasteiger partial charge in [-0.1, -0.05) is 22.6 Å². The number of hydrogen-bond acceptors (Lipinski definition) is 4. The number of hydrogen-bond donors (Lipinski definition) is 2. The van der Waals surface area contributed by atoms with Crippen LogP contribution < -0.4 is 10.6 Å². The van der Waals surface area contributed by atoms with Gasteiger partial charge in [0.1, 0.15) is 10.1 Å². The van der Waals surface area contributed by atoms with Crippen molar-refractivity contribution >= 4 is 39.9 Å². The first-order chi connectivity index (χ1) is 7.65. The van der Waals surface area contributed by atoms with Crippen LogP contribution in [-0.2, 0) is 11.0 Å². The van der Waals surface area contributed by atoms with E-state index in [-0.39, 0.29) is 5.96 Å². The molecule has 0 aliphatic heterocycles. The van der Waals surface area contributed by atoms with E-state index in [2.05, 4.69) is 43.3 Å². The van der Waals surface area contributed by atoms with Gasteiger partial charge in [-0.05, 0) is 0 Å². The van der Waals surface area contributed by atoms with Crippen molar-refractivity contribution in [3.63, 3.8) is 0 Å². The molecule has 0 spiro atoms. The Labute approximate surface area is 110 Å². The fourth-order valence-electron chi connectivity index (χ4n) is 0.918. The third-order valence-electron chi connectivity index (χ3n) is 1.56. The molecular formula is C7H10IN5O2S. The Morgan fingerprint density at radius 2 is 2.56 bits per heavy atom. The third-order valence-corrected chi connectivity index (χ3v) is 3.80. The Kier molecular flexibility index (Phi) is 5.38. The van der Waals surface area contributed by atoms with Gasteiger partial charge < -0.3 is 10.6 Å². The summed E-state index contributed by atoms with van der Waals surface area (Å²) in [6, 6.07) is 0. The van der Waals surface area contributed by atoms with Crippen molar-refractivity contribution in [2.45, 2.75) is 11.0 Å². The molecule has 1 rings (SSSR count). The quantitative estimate of drug-likeness (QED) is 0.209. The van der Waals surface area contributed by atoms with Gasteiger partial charge >= 0.3 is 0 Å². The van der Waals surface area contributed by atoms with Gasteiger partial charge in [-0.25, -0.2) is 15.1 Å². The first-order valence-electron chi connectivity index (χ1n) is 4.30. The van der Waals surface area contributed by atoms with E-state index in [1.807, 2.05) is 0 Å². The molecular weight excluding hydrogens is 345 g/mol. The summed E-state index contributed by atoms with van der Waals surface area (Å²) in [5.41, 5.74) is 0. The number of nitro groups is 1. The van der Waals surface area contributed by atoms with Crippen LogP contribution >= 0.6 is 33.9 Å². The van der Waals surface area contributed by atoms with Crippen molar-refractivity contribution in [2.24, 2.45) is 5.10 Å². The van der Waals surface area contributed by atoms with Crippen LogP contribution in [-0.4, -0.2) is 23.0 Å². The van der Waals surface area contributed by atoms with Crippen molar-refractivity contribution in [1.29, 1.82) is 0 Å². The van der Waals surface area contributed by atoms with E-state index in [4.69, 9.17) is 0 Å². The Morgan fingerprint density at radius 3 is 3.06 bits per heavy atom. The van der Waals surface area contributed by atoms with Crippen molar-refractivity contribution in [3.8, 4) is 0 Å². The normalized spacial score (nSPS) is 11.2. The van der Waals surface area contributed by atoms with Crippen molar-refractivity contribution in [1.82, 2.24) is 15.6 Å². The standard InChI is InChI=1S/C7H10IN5O2S/c1-9-7(12-13(14)15)11-4-5-3-10-6(2-8)16-5/h3H,2,4H2,1H3,(H2,9,11,12). The molecule has 0 unspecified atom stereocenters. The summed E-state index contributed by atoms with van der Waals surface area (Å²) in [6.07, 6.45) is 1.76. The molecule has 0 aromatic carbocycles. The molecule has 1 heterocycles. The van der Waals surface area contributed by atoms with E-state index in [0.29, 0.717) is 6.54 Å². The second-order valence-corrected chi connectivity index (χ2v) is 4.61. The van der Waals surface area contributed by atoms with Crippen LogP contribution in [0.15, 0.2) is 11.3 Å². The number of nitrogens with one attached hydrogen (secondary N) is 2. The summed E-state index contributed by atoms with van der Waals surface area (Å²) in [4.78, 5) is 15.3. The Hall–Kier alpha value is -0.970. The number of rotatable bonds is 4. The zero-order valence-electron chi connectivity index (χ0n) is 8.44. The minimum atomic E-state index is -0.748.